The summed E-state index contributed by atoms with van der Waals surface area (Å²) < 4.78 is 5.96. The molecule has 2 nitrogen and oxygen atoms in total. The Morgan fingerprint density at radius 1 is 1.11 bits per heavy atom. The van der Waals surface area contributed by atoms with E-state index in [9.17, 15) is 0 Å². The van der Waals surface area contributed by atoms with Crippen molar-refractivity contribution in [2.75, 3.05) is 13.1 Å². The number of hydrogen-bond acceptors (Lipinski definition) is 2. The standard InChI is InChI=1S/C16H19NO/c1-2-5-15-10-13(7-8-14(15)4-1)12-18-16-6-3-9-17-11-16/h1-2,4-5,7-8,10,16-17H,3,6,9,11-12H2. The predicted octanol–water partition coefficient (Wildman–Crippen LogP) is 3.11. The van der Waals surface area contributed by atoms with E-state index in [1.54, 1.807) is 0 Å². The van der Waals surface area contributed by atoms with Crippen molar-refractivity contribution < 1.29 is 4.74 Å². The summed E-state index contributed by atoms with van der Waals surface area (Å²) in [5.74, 6) is 0. The second-order valence-electron chi connectivity index (χ2n) is 4.96. The fourth-order valence-corrected chi connectivity index (χ4v) is 2.50. The maximum Gasteiger partial charge on any atom is 0.0721 e. The van der Waals surface area contributed by atoms with Crippen LogP contribution in [-0.4, -0.2) is 19.2 Å². The topological polar surface area (TPSA) is 21.3 Å². The van der Waals surface area contributed by atoms with Gasteiger partial charge in [0.1, 0.15) is 0 Å². The van der Waals surface area contributed by atoms with Gasteiger partial charge in [0.2, 0.25) is 0 Å². The summed E-state index contributed by atoms with van der Waals surface area (Å²) in [6.07, 6.45) is 2.79. The van der Waals surface area contributed by atoms with Gasteiger partial charge < -0.3 is 10.1 Å². The van der Waals surface area contributed by atoms with Crippen molar-refractivity contribution >= 4 is 10.8 Å². The Morgan fingerprint density at radius 3 is 2.83 bits per heavy atom. The largest absolute Gasteiger partial charge is 0.372 e. The van der Waals surface area contributed by atoms with E-state index in [1.165, 1.54) is 29.2 Å². The van der Waals surface area contributed by atoms with E-state index in [0.717, 1.165) is 19.7 Å². The molecule has 1 aliphatic heterocycles. The molecule has 3 rings (SSSR count). The van der Waals surface area contributed by atoms with Gasteiger partial charge in [-0.3, -0.25) is 0 Å². The zero-order valence-corrected chi connectivity index (χ0v) is 10.6. The third-order valence-electron chi connectivity index (χ3n) is 3.55. The molecule has 1 atom stereocenters. The second kappa shape index (κ2) is 5.51. The highest BCUT2D eigenvalue weighted by atomic mass is 16.5. The highest BCUT2D eigenvalue weighted by Crippen LogP contribution is 2.17. The molecule has 1 heterocycles. The molecule has 1 fully saturated rings. The number of benzene rings is 2. The summed E-state index contributed by atoms with van der Waals surface area (Å²) in [6.45, 7) is 2.85. The SMILES string of the molecule is c1ccc2cc(COC3CCCNC3)ccc2c1. The maximum atomic E-state index is 5.96. The van der Waals surface area contributed by atoms with Crippen LogP contribution in [0.2, 0.25) is 0 Å². The summed E-state index contributed by atoms with van der Waals surface area (Å²) in [7, 11) is 0. The minimum Gasteiger partial charge on any atom is -0.372 e. The molecule has 1 N–H and O–H groups in total. The number of nitrogens with one attached hydrogen (secondary N) is 1. The predicted molar refractivity (Wildman–Crippen MR) is 74.6 cm³/mol. The Hall–Kier alpha value is -1.38. The van der Waals surface area contributed by atoms with Crippen molar-refractivity contribution in [3.63, 3.8) is 0 Å². The molecule has 0 saturated carbocycles. The first-order valence-electron chi connectivity index (χ1n) is 6.72. The molecule has 0 amide bonds. The number of fused-ring (bicyclic) bond motifs is 1. The fraction of sp³-hybridized carbons (Fsp3) is 0.375. The van der Waals surface area contributed by atoms with E-state index >= 15 is 0 Å². The molecule has 1 unspecified atom stereocenters. The second-order valence-corrected chi connectivity index (χ2v) is 4.96. The van der Waals surface area contributed by atoms with Crippen LogP contribution in [0.1, 0.15) is 18.4 Å². The first-order valence-corrected chi connectivity index (χ1v) is 6.72. The van der Waals surface area contributed by atoms with Gasteiger partial charge in [-0.05, 0) is 41.8 Å². The summed E-state index contributed by atoms with van der Waals surface area (Å²) in [5, 5.41) is 5.96. The van der Waals surface area contributed by atoms with Crippen molar-refractivity contribution in [1.82, 2.24) is 5.32 Å². The van der Waals surface area contributed by atoms with Crippen LogP contribution in [0.5, 0.6) is 0 Å². The number of hydrogen-bond donors (Lipinski definition) is 1. The van der Waals surface area contributed by atoms with Crippen LogP contribution in [0, 0.1) is 0 Å². The maximum absolute atomic E-state index is 5.96. The van der Waals surface area contributed by atoms with Crippen LogP contribution < -0.4 is 5.32 Å². The Morgan fingerprint density at radius 2 is 2.00 bits per heavy atom. The minimum absolute atomic E-state index is 0.380. The lowest BCUT2D eigenvalue weighted by atomic mass is 10.1. The number of piperidine rings is 1. The van der Waals surface area contributed by atoms with Gasteiger partial charge >= 0.3 is 0 Å². The molecule has 18 heavy (non-hydrogen) atoms. The van der Waals surface area contributed by atoms with Crippen molar-refractivity contribution in [3.05, 3.63) is 48.0 Å². The molecular formula is C16H19NO. The molecule has 0 radical (unpaired) electrons. The third-order valence-corrected chi connectivity index (χ3v) is 3.55. The van der Waals surface area contributed by atoms with Gasteiger partial charge in [-0.1, -0.05) is 36.4 Å². The Kier molecular flexibility index (Phi) is 3.58. The zero-order chi connectivity index (χ0) is 12.2. The third kappa shape index (κ3) is 2.71. The van der Waals surface area contributed by atoms with Crippen molar-refractivity contribution in [1.29, 1.82) is 0 Å². The molecule has 0 aliphatic carbocycles. The monoisotopic (exact) mass is 241 g/mol. The molecule has 2 aromatic carbocycles. The van der Waals surface area contributed by atoms with Crippen LogP contribution in [-0.2, 0) is 11.3 Å². The van der Waals surface area contributed by atoms with Gasteiger partial charge in [0.25, 0.3) is 0 Å². The van der Waals surface area contributed by atoms with Crippen molar-refractivity contribution in [3.8, 4) is 0 Å². The van der Waals surface area contributed by atoms with Crippen molar-refractivity contribution in [2.24, 2.45) is 0 Å². The van der Waals surface area contributed by atoms with Crippen LogP contribution in [0.25, 0.3) is 10.8 Å². The van der Waals surface area contributed by atoms with E-state index in [-0.39, 0.29) is 0 Å². The minimum atomic E-state index is 0.380. The average Bonchev–Trinajstić information content (AvgIpc) is 2.46. The molecule has 94 valence electrons. The average molecular weight is 241 g/mol. The van der Waals surface area contributed by atoms with E-state index < -0.39 is 0 Å². The lowest BCUT2D eigenvalue weighted by molar-refractivity contribution is 0.0253. The molecule has 2 heteroatoms. The number of ether oxygens (including phenoxy) is 1. The molecule has 1 saturated heterocycles. The zero-order valence-electron chi connectivity index (χ0n) is 10.6. The van der Waals surface area contributed by atoms with Crippen LogP contribution >= 0.6 is 0 Å². The number of rotatable bonds is 3. The van der Waals surface area contributed by atoms with Crippen LogP contribution in [0.15, 0.2) is 42.5 Å². The Labute approximate surface area is 108 Å². The Bertz CT molecular complexity index is 517. The molecule has 1 aliphatic rings. The highest BCUT2D eigenvalue weighted by Gasteiger charge is 2.12. The van der Waals surface area contributed by atoms with E-state index in [1.807, 2.05) is 0 Å². The van der Waals surface area contributed by atoms with Gasteiger partial charge in [0, 0.05) is 6.54 Å². The van der Waals surface area contributed by atoms with Gasteiger partial charge in [0.05, 0.1) is 12.7 Å². The Balaban J connectivity index is 1.66. The van der Waals surface area contributed by atoms with Crippen LogP contribution in [0.4, 0.5) is 0 Å². The highest BCUT2D eigenvalue weighted by molar-refractivity contribution is 5.82. The summed E-state index contributed by atoms with van der Waals surface area (Å²) >= 11 is 0. The first kappa shape index (κ1) is 11.7. The van der Waals surface area contributed by atoms with Gasteiger partial charge in [-0.25, -0.2) is 0 Å². The summed E-state index contributed by atoms with van der Waals surface area (Å²) in [4.78, 5) is 0. The van der Waals surface area contributed by atoms with E-state index in [0.29, 0.717) is 6.10 Å². The summed E-state index contributed by atoms with van der Waals surface area (Å²) in [6, 6.07) is 15.0. The van der Waals surface area contributed by atoms with Gasteiger partial charge in [-0.15, -0.1) is 0 Å². The molecular weight excluding hydrogens is 222 g/mol. The lowest BCUT2D eigenvalue weighted by Gasteiger charge is -2.23. The van der Waals surface area contributed by atoms with E-state index in [2.05, 4.69) is 47.8 Å². The normalized spacial score (nSPS) is 20.1. The molecule has 2 aromatic rings. The lowest BCUT2D eigenvalue weighted by Crippen LogP contribution is -2.35. The smallest absolute Gasteiger partial charge is 0.0721 e. The first-order chi connectivity index (χ1) is 8.92. The van der Waals surface area contributed by atoms with Gasteiger partial charge in [-0.2, -0.15) is 0 Å². The van der Waals surface area contributed by atoms with E-state index in [4.69, 9.17) is 4.74 Å². The molecule has 0 spiro atoms. The van der Waals surface area contributed by atoms with Crippen LogP contribution in [0.3, 0.4) is 0 Å². The summed E-state index contributed by atoms with van der Waals surface area (Å²) in [5.41, 5.74) is 1.26. The molecule has 0 bridgehead atoms. The fourth-order valence-electron chi connectivity index (χ4n) is 2.50. The molecule has 0 aromatic heterocycles. The van der Waals surface area contributed by atoms with Crippen molar-refractivity contribution in [2.45, 2.75) is 25.6 Å². The quantitative estimate of drug-likeness (QED) is 0.891. The van der Waals surface area contributed by atoms with Gasteiger partial charge in [0.15, 0.2) is 0 Å².